The maximum Gasteiger partial charge on any atom is 0.232 e. The van der Waals surface area contributed by atoms with Crippen LogP contribution in [0.2, 0.25) is 0 Å². The molecule has 0 spiro atoms. The summed E-state index contributed by atoms with van der Waals surface area (Å²) in [4.78, 5) is 4.62. The minimum atomic E-state index is -0.593. The lowest BCUT2D eigenvalue weighted by Gasteiger charge is -2.29. The molecule has 0 amide bonds. The van der Waals surface area contributed by atoms with Crippen molar-refractivity contribution in [3.8, 4) is 17.0 Å². The molecular weight excluding hydrogens is 426 g/mol. The van der Waals surface area contributed by atoms with E-state index >= 15 is 0 Å². The van der Waals surface area contributed by atoms with E-state index < -0.39 is 6.10 Å². The molecule has 1 N–H and O–H groups in total. The van der Waals surface area contributed by atoms with Crippen LogP contribution >= 0.6 is 0 Å². The Kier molecular flexibility index (Phi) is 8.61. The van der Waals surface area contributed by atoms with Crippen LogP contribution in [0.1, 0.15) is 43.7 Å². The Balaban J connectivity index is 1.51. The van der Waals surface area contributed by atoms with Crippen LogP contribution < -0.4 is 9.64 Å². The van der Waals surface area contributed by atoms with Crippen molar-refractivity contribution < 1.29 is 14.4 Å². The molecule has 0 bridgehead atoms. The third-order valence-corrected chi connectivity index (χ3v) is 6.37. The zero-order valence-corrected chi connectivity index (χ0v) is 20.4. The van der Waals surface area contributed by atoms with E-state index in [-0.39, 0.29) is 6.61 Å². The van der Waals surface area contributed by atoms with Crippen molar-refractivity contribution in [2.45, 2.75) is 52.2 Å². The van der Waals surface area contributed by atoms with Gasteiger partial charge < -0.3 is 19.3 Å². The first-order valence-electron chi connectivity index (χ1n) is 12.5. The third kappa shape index (κ3) is 6.19. The molecule has 2 aromatic carbocycles. The highest BCUT2D eigenvalue weighted by Crippen LogP contribution is 2.34. The zero-order chi connectivity index (χ0) is 23.8. The highest BCUT2D eigenvalue weighted by atomic mass is 16.5. The van der Waals surface area contributed by atoms with Crippen LogP contribution in [-0.4, -0.2) is 54.1 Å². The van der Waals surface area contributed by atoms with Crippen molar-refractivity contribution in [2.24, 2.45) is 0 Å². The minimum Gasteiger partial charge on any atom is -0.491 e. The third-order valence-electron chi connectivity index (χ3n) is 6.37. The van der Waals surface area contributed by atoms with Gasteiger partial charge in [-0.3, -0.25) is 4.90 Å². The number of anilines is 1. The number of aromatic nitrogens is 1. The van der Waals surface area contributed by atoms with E-state index in [1.165, 1.54) is 19.3 Å². The zero-order valence-electron chi connectivity index (χ0n) is 20.4. The van der Waals surface area contributed by atoms with Gasteiger partial charge >= 0.3 is 0 Å². The molecule has 2 heterocycles. The lowest BCUT2D eigenvalue weighted by Crippen LogP contribution is -2.36. The predicted octanol–water partition coefficient (Wildman–Crippen LogP) is 5.29. The molecule has 3 aromatic rings. The molecule has 1 saturated heterocycles. The lowest BCUT2D eigenvalue weighted by atomic mass is 10.1. The van der Waals surface area contributed by atoms with Crippen molar-refractivity contribution in [3.63, 3.8) is 0 Å². The van der Waals surface area contributed by atoms with E-state index in [1.54, 1.807) is 0 Å². The number of hydrogen-bond donors (Lipinski definition) is 1. The monoisotopic (exact) mass is 463 g/mol. The molecule has 182 valence electrons. The minimum absolute atomic E-state index is 0.263. The number of ether oxygens (including phenoxy) is 1. The van der Waals surface area contributed by atoms with E-state index in [2.05, 4.69) is 34.0 Å². The largest absolute Gasteiger partial charge is 0.491 e. The molecule has 1 aliphatic rings. The standard InChI is InChI=1S/C28H37N3O3/c1-3-16-30(19-24(32)21-33-26-15-9-8-12-22(26)2)20-25-27(23-13-6-4-7-14-23)29-34-28(25)31-17-10-5-11-18-31/h4,6-9,12-15,24,32H,3,5,10-11,16-21H2,1-2H3. The molecule has 0 aliphatic carbocycles. The number of aryl methyl sites for hydroxylation is 1. The first kappa shape index (κ1) is 24.3. The van der Waals surface area contributed by atoms with Crippen molar-refractivity contribution in [2.75, 3.05) is 37.7 Å². The first-order chi connectivity index (χ1) is 16.7. The molecule has 1 aromatic heterocycles. The van der Waals surface area contributed by atoms with Crippen molar-refractivity contribution in [3.05, 3.63) is 65.7 Å². The second kappa shape index (κ2) is 12.0. The molecule has 1 unspecified atom stereocenters. The normalized spacial score (nSPS) is 15.0. The summed E-state index contributed by atoms with van der Waals surface area (Å²) in [6.45, 7) is 8.52. The molecule has 0 saturated carbocycles. The maximum absolute atomic E-state index is 10.8. The van der Waals surface area contributed by atoms with Gasteiger partial charge in [0, 0.05) is 31.7 Å². The van der Waals surface area contributed by atoms with Crippen LogP contribution in [0.5, 0.6) is 5.75 Å². The summed E-state index contributed by atoms with van der Waals surface area (Å²) >= 11 is 0. The summed E-state index contributed by atoms with van der Waals surface area (Å²) in [5.41, 5.74) is 4.13. The number of benzene rings is 2. The summed E-state index contributed by atoms with van der Waals surface area (Å²) in [5, 5.41) is 15.3. The summed E-state index contributed by atoms with van der Waals surface area (Å²) < 4.78 is 11.9. The molecule has 6 heteroatoms. The van der Waals surface area contributed by atoms with Crippen molar-refractivity contribution >= 4 is 5.88 Å². The van der Waals surface area contributed by atoms with Crippen molar-refractivity contribution in [1.29, 1.82) is 0 Å². The number of piperidine rings is 1. The molecule has 1 atom stereocenters. The van der Waals surface area contributed by atoms with E-state index in [4.69, 9.17) is 9.26 Å². The van der Waals surface area contributed by atoms with Gasteiger partial charge in [-0.1, -0.05) is 60.6 Å². The van der Waals surface area contributed by atoms with Crippen LogP contribution in [0.25, 0.3) is 11.3 Å². The Hall–Kier alpha value is -2.83. The van der Waals surface area contributed by atoms with Gasteiger partial charge in [0.2, 0.25) is 5.88 Å². The fourth-order valence-corrected chi connectivity index (χ4v) is 4.64. The van der Waals surface area contributed by atoms with E-state index in [0.717, 1.165) is 60.1 Å². The van der Waals surface area contributed by atoms with Gasteiger partial charge in [-0.05, 0) is 50.8 Å². The molecule has 1 fully saturated rings. The quantitative estimate of drug-likeness (QED) is 0.417. The first-order valence-corrected chi connectivity index (χ1v) is 12.5. The second-order valence-corrected chi connectivity index (χ2v) is 9.19. The summed E-state index contributed by atoms with van der Waals surface area (Å²) in [6.07, 6.45) is 4.02. The summed E-state index contributed by atoms with van der Waals surface area (Å²) in [5.74, 6) is 1.70. The van der Waals surface area contributed by atoms with E-state index in [1.807, 2.05) is 49.4 Å². The SMILES string of the molecule is CCCN(Cc1c(-c2ccccc2)noc1N1CCCCC1)CC(O)COc1ccccc1C. The second-order valence-electron chi connectivity index (χ2n) is 9.19. The molecule has 6 nitrogen and oxygen atoms in total. The Morgan fingerprint density at radius 3 is 2.53 bits per heavy atom. The van der Waals surface area contributed by atoms with E-state index in [9.17, 15) is 5.11 Å². The van der Waals surface area contributed by atoms with Gasteiger partial charge in [-0.2, -0.15) is 0 Å². The van der Waals surface area contributed by atoms with Crippen LogP contribution in [0.3, 0.4) is 0 Å². The van der Waals surface area contributed by atoms with Crippen LogP contribution in [0.15, 0.2) is 59.1 Å². The molecule has 0 radical (unpaired) electrons. The van der Waals surface area contributed by atoms with Gasteiger partial charge in [0.15, 0.2) is 0 Å². The van der Waals surface area contributed by atoms with Gasteiger partial charge in [-0.15, -0.1) is 0 Å². The highest BCUT2D eigenvalue weighted by Gasteiger charge is 2.26. The van der Waals surface area contributed by atoms with E-state index in [0.29, 0.717) is 13.1 Å². The number of hydrogen-bond acceptors (Lipinski definition) is 6. The molecule has 34 heavy (non-hydrogen) atoms. The van der Waals surface area contributed by atoms with Crippen LogP contribution in [0, 0.1) is 6.92 Å². The van der Waals surface area contributed by atoms with Crippen molar-refractivity contribution in [1.82, 2.24) is 10.1 Å². The number of aliphatic hydroxyl groups is 1. The lowest BCUT2D eigenvalue weighted by molar-refractivity contribution is 0.0654. The highest BCUT2D eigenvalue weighted by molar-refractivity contribution is 5.68. The van der Waals surface area contributed by atoms with Crippen LogP contribution in [0.4, 0.5) is 5.88 Å². The average Bonchev–Trinajstić information content (AvgIpc) is 3.28. The molecule has 1 aliphatic heterocycles. The van der Waals surface area contributed by atoms with Gasteiger partial charge in [0.25, 0.3) is 0 Å². The maximum atomic E-state index is 10.8. The number of nitrogens with zero attached hydrogens (tertiary/aromatic N) is 3. The number of rotatable bonds is 11. The number of aliphatic hydroxyl groups excluding tert-OH is 1. The summed E-state index contributed by atoms with van der Waals surface area (Å²) in [6, 6.07) is 18.2. The van der Waals surface area contributed by atoms with Gasteiger partial charge in [0.1, 0.15) is 24.2 Å². The Morgan fingerprint density at radius 2 is 1.79 bits per heavy atom. The fourth-order valence-electron chi connectivity index (χ4n) is 4.64. The average molecular weight is 464 g/mol. The van der Waals surface area contributed by atoms with Gasteiger partial charge in [-0.25, -0.2) is 0 Å². The molecule has 4 rings (SSSR count). The van der Waals surface area contributed by atoms with Gasteiger partial charge in [0.05, 0.1) is 5.56 Å². The Labute approximate surface area is 203 Å². The predicted molar refractivity (Wildman–Crippen MR) is 136 cm³/mol. The van der Waals surface area contributed by atoms with Crippen LogP contribution in [-0.2, 0) is 6.54 Å². The number of para-hydroxylation sites is 1. The smallest absolute Gasteiger partial charge is 0.232 e. The summed E-state index contributed by atoms with van der Waals surface area (Å²) in [7, 11) is 0. The Bertz CT molecular complexity index is 1010. The molecular formula is C28H37N3O3. The topological polar surface area (TPSA) is 62.0 Å². The fraction of sp³-hybridized carbons (Fsp3) is 0.464. The Morgan fingerprint density at radius 1 is 1.06 bits per heavy atom.